The van der Waals surface area contributed by atoms with Gasteiger partial charge in [0.1, 0.15) is 5.75 Å². The number of alkyl halides is 3. The second kappa shape index (κ2) is 8.00. The highest BCUT2D eigenvalue weighted by Gasteiger charge is 2.31. The van der Waals surface area contributed by atoms with Crippen LogP contribution in [-0.4, -0.2) is 18.3 Å². The summed E-state index contributed by atoms with van der Waals surface area (Å²) in [5.74, 6) is -0.576. The van der Waals surface area contributed by atoms with Gasteiger partial charge >= 0.3 is 6.36 Å². The molecular formula is C20H21F3N2O2. The van der Waals surface area contributed by atoms with E-state index >= 15 is 0 Å². The molecular weight excluding hydrogens is 357 g/mol. The molecule has 0 bridgehead atoms. The normalized spacial score (nSPS) is 17.7. The molecule has 2 atom stereocenters. The van der Waals surface area contributed by atoms with E-state index in [0.717, 1.165) is 19.3 Å². The molecule has 0 unspecified atom stereocenters. The number of rotatable bonds is 5. The van der Waals surface area contributed by atoms with Gasteiger partial charge in [-0.2, -0.15) is 0 Å². The Morgan fingerprint density at radius 1 is 1.15 bits per heavy atom. The number of hydrogen-bond acceptors (Lipinski definition) is 3. The van der Waals surface area contributed by atoms with Gasteiger partial charge in [-0.3, -0.25) is 10.1 Å². The summed E-state index contributed by atoms with van der Waals surface area (Å²) in [6, 6.07) is 12.9. The molecule has 2 aromatic rings. The van der Waals surface area contributed by atoms with Gasteiger partial charge in [-0.05, 0) is 61.6 Å². The minimum absolute atomic E-state index is 0.110. The van der Waals surface area contributed by atoms with Crippen molar-refractivity contribution in [3.8, 4) is 5.75 Å². The zero-order valence-corrected chi connectivity index (χ0v) is 14.8. The van der Waals surface area contributed by atoms with Crippen molar-refractivity contribution in [1.29, 1.82) is 0 Å². The fraction of sp³-hybridized carbons (Fsp3) is 0.350. The number of carbonyl (C=O) groups is 1. The first-order chi connectivity index (χ1) is 12.8. The molecule has 0 saturated carbocycles. The number of amides is 1. The average Bonchev–Trinajstić information content (AvgIpc) is 2.62. The van der Waals surface area contributed by atoms with Crippen molar-refractivity contribution in [2.75, 3.05) is 5.32 Å². The lowest BCUT2D eigenvalue weighted by atomic mass is 9.87. The Morgan fingerprint density at radius 2 is 1.85 bits per heavy atom. The van der Waals surface area contributed by atoms with Gasteiger partial charge in [-0.15, -0.1) is 13.2 Å². The van der Waals surface area contributed by atoms with Crippen LogP contribution in [0.2, 0.25) is 0 Å². The molecule has 7 heteroatoms. The van der Waals surface area contributed by atoms with Crippen LogP contribution in [0.3, 0.4) is 0 Å². The number of hydrogen-bond donors (Lipinski definition) is 2. The first-order valence-electron chi connectivity index (χ1n) is 8.82. The maximum Gasteiger partial charge on any atom is 0.573 e. The van der Waals surface area contributed by atoms with Crippen LogP contribution < -0.4 is 15.4 Å². The fourth-order valence-electron chi connectivity index (χ4n) is 3.29. The lowest BCUT2D eigenvalue weighted by molar-refractivity contribution is -0.274. The van der Waals surface area contributed by atoms with Crippen molar-refractivity contribution in [2.45, 2.75) is 44.6 Å². The van der Waals surface area contributed by atoms with Crippen molar-refractivity contribution < 1.29 is 22.7 Å². The Hall–Kier alpha value is -2.54. The smallest absolute Gasteiger partial charge is 0.406 e. The molecule has 3 rings (SSSR count). The number of carbonyl (C=O) groups excluding carboxylic acids is 1. The van der Waals surface area contributed by atoms with E-state index < -0.39 is 12.4 Å². The number of benzene rings is 2. The SMILES string of the molecule is C[C@H](N[C@@H]1CCCc2ccccc21)C(=O)Nc1ccc(OC(F)(F)F)cc1. The van der Waals surface area contributed by atoms with Crippen molar-refractivity contribution >= 4 is 11.6 Å². The number of aryl methyl sites for hydroxylation is 1. The molecule has 4 nitrogen and oxygen atoms in total. The van der Waals surface area contributed by atoms with Gasteiger partial charge in [0.15, 0.2) is 0 Å². The summed E-state index contributed by atoms with van der Waals surface area (Å²) in [6.07, 6.45) is -1.68. The van der Waals surface area contributed by atoms with Crippen LogP contribution in [0.15, 0.2) is 48.5 Å². The van der Waals surface area contributed by atoms with Crippen LogP contribution in [0.1, 0.15) is 36.9 Å². The molecule has 0 saturated heterocycles. The third-order valence-electron chi connectivity index (χ3n) is 4.57. The van der Waals surface area contributed by atoms with Gasteiger partial charge in [0.2, 0.25) is 5.91 Å². The van der Waals surface area contributed by atoms with Gasteiger partial charge in [0, 0.05) is 11.7 Å². The minimum atomic E-state index is -4.74. The lowest BCUT2D eigenvalue weighted by Gasteiger charge is -2.29. The standard InChI is InChI=1S/C20H21F3N2O2/c1-13(24-18-8-4-6-14-5-2-3-7-17(14)18)19(26)25-15-9-11-16(12-10-15)27-20(21,22)23/h2-3,5,7,9-13,18,24H,4,6,8H2,1H3,(H,25,26)/t13-,18+/m0/s1. The molecule has 0 heterocycles. The molecule has 0 fully saturated rings. The van der Waals surface area contributed by atoms with E-state index in [4.69, 9.17) is 0 Å². The van der Waals surface area contributed by atoms with E-state index in [1.807, 2.05) is 12.1 Å². The molecule has 0 radical (unpaired) electrons. The third kappa shape index (κ3) is 5.23. The highest BCUT2D eigenvalue weighted by atomic mass is 19.4. The van der Waals surface area contributed by atoms with E-state index in [9.17, 15) is 18.0 Å². The summed E-state index contributed by atoms with van der Waals surface area (Å²) in [5.41, 5.74) is 2.93. The second-order valence-electron chi connectivity index (χ2n) is 6.59. The highest BCUT2D eigenvalue weighted by Crippen LogP contribution is 2.30. The summed E-state index contributed by atoms with van der Waals surface area (Å²) in [4.78, 5) is 12.4. The third-order valence-corrected chi connectivity index (χ3v) is 4.57. The van der Waals surface area contributed by atoms with E-state index in [2.05, 4.69) is 27.5 Å². The van der Waals surface area contributed by atoms with Gasteiger partial charge in [0.05, 0.1) is 6.04 Å². The monoisotopic (exact) mass is 378 g/mol. The summed E-state index contributed by atoms with van der Waals surface area (Å²) in [7, 11) is 0. The second-order valence-corrected chi connectivity index (χ2v) is 6.59. The molecule has 1 aliphatic carbocycles. The maximum atomic E-state index is 12.4. The maximum absolute atomic E-state index is 12.4. The quantitative estimate of drug-likeness (QED) is 0.801. The molecule has 0 aromatic heterocycles. The summed E-state index contributed by atoms with van der Waals surface area (Å²) in [6.45, 7) is 1.77. The van der Waals surface area contributed by atoms with Crippen LogP contribution in [-0.2, 0) is 11.2 Å². The summed E-state index contributed by atoms with van der Waals surface area (Å²) < 4.78 is 40.4. The first kappa shape index (κ1) is 19.2. The van der Waals surface area contributed by atoms with E-state index in [1.165, 1.54) is 35.4 Å². The Balaban J connectivity index is 1.58. The van der Waals surface area contributed by atoms with Crippen LogP contribution in [0.25, 0.3) is 0 Å². The number of halogens is 3. The van der Waals surface area contributed by atoms with Crippen LogP contribution in [0.5, 0.6) is 5.75 Å². The van der Waals surface area contributed by atoms with E-state index in [1.54, 1.807) is 6.92 Å². The predicted molar refractivity (Wildman–Crippen MR) is 96.5 cm³/mol. The summed E-state index contributed by atoms with van der Waals surface area (Å²) >= 11 is 0. The lowest BCUT2D eigenvalue weighted by Crippen LogP contribution is -2.41. The van der Waals surface area contributed by atoms with Crippen LogP contribution in [0.4, 0.5) is 18.9 Å². The van der Waals surface area contributed by atoms with E-state index in [-0.39, 0.29) is 17.7 Å². The van der Waals surface area contributed by atoms with Crippen LogP contribution >= 0.6 is 0 Å². The first-order valence-corrected chi connectivity index (χ1v) is 8.82. The minimum Gasteiger partial charge on any atom is -0.406 e. The van der Waals surface area contributed by atoms with Crippen molar-refractivity contribution in [3.05, 3.63) is 59.7 Å². The zero-order chi connectivity index (χ0) is 19.4. The zero-order valence-electron chi connectivity index (χ0n) is 14.8. The molecule has 27 heavy (non-hydrogen) atoms. The molecule has 0 spiro atoms. The summed E-state index contributed by atoms with van der Waals surface area (Å²) in [5, 5.41) is 6.06. The van der Waals surface area contributed by atoms with Gasteiger partial charge in [-0.25, -0.2) is 0 Å². The Bertz CT molecular complexity index is 791. The van der Waals surface area contributed by atoms with E-state index in [0.29, 0.717) is 5.69 Å². The molecule has 144 valence electrons. The topological polar surface area (TPSA) is 50.4 Å². The highest BCUT2D eigenvalue weighted by molar-refractivity contribution is 5.94. The van der Waals surface area contributed by atoms with Gasteiger partial charge in [-0.1, -0.05) is 24.3 Å². The van der Waals surface area contributed by atoms with Crippen molar-refractivity contribution in [3.63, 3.8) is 0 Å². The Labute approximate surface area is 155 Å². The van der Waals surface area contributed by atoms with Gasteiger partial charge in [0.25, 0.3) is 0 Å². The fourth-order valence-corrected chi connectivity index (χ4v) is 3.29. The largest absolute Gasteiger partial charge is 0.573 e. The van der Waals surface area contributed by atoms with Crippen LogP contribution in [0, 0.1) is 0 Å². The number of anilines is 1. The molecule has 0 aliphatic heterocycles. The number of fused-ring (bicyclic) bond motifs is 1. The number of nitrogens with one attached hydrogen (secondary N) is 2. The van der Waals surface area contributed by atoms with Crippen molar-refractivity contribution in [1.82, 2.24) is 5.32 Å². The predicted octanol–water partition coefficient (Wildman–Crippen LogP) is 4.58. The molecule has 2 aromatic carbocycles. The molecule has 2 N–H and O–H groups in total. The van der Waals surface area contributed by atoms with Crippen molar-refractivity contribution in [2.24, 2.45) is 0 Å². The number of ether oxygens (including phenoxy) is 1. The van der Waals surface area contributed by atoms with Gasteiger partial charge < -0.3 is 10.1 Å². The molecule has 1 aliphatic rings. The average molecular weight is 378 g/mol. The Morgan fingerprint density at radius 3 is 2.56 bits per heavy atom. The Kier molecular flexibility index (Phi) is 5.70. The molecule has 1 amide bonds.